The highest BCUT2D eigenvalue weighted by molar-refractivity contribution is 7.89. The van der Waals surface area contributed by atoms with E-state index in [0.717, 1.165) is 10.4 Å². The maximum absolute atomic E-state index is 12.4. The summed E-state index contributed by atoms with van der Waals surface area (Å²) >= 11 is 1.46. The molecule has 110 valence electrons. The number of nitrogens with one attached hydrogen (secondary N) is 2. The Kier molecular flexibility index (Phi) is 6.41. The first-order valence-electron chi connectivity index (χ1n) is 6.24. The van der Waals surface area contributed by atoms with Crippen molar-refractivity contribution >= 4 is 21.4 Å². The highest BCUT2D eigenvalue weighted by Crippen LogP contribution is 2.26. The van der Waals surface area contributed by atoms with Gasteiger partial charge in [0.25, 0.3) is 0 Å². The molecule has 1 heterocycles. The fraction of sp³-hybridized carbons (Fsp3) is 0.667. The molecule has 1 atom stereocenters. The van der Waals surface area contributed by atoms with E-state index >= 15 is 0 Å². The zero-order chi connectivity index (χ0) is 14.5. The molecule has 0 bridgehead atoms. The van der Waals surface area contributed by atoms with Crippen molar-refractivity contribution in [3.05, 3.63) is 15.8 Å². The molecule has 7 heteroatoms. The summed E-state index contributed by atoms with van der Waals surface area (Å²) in [6.07, 6.45) is 0. The summed E-state index contributed by atoms with van der Waals surface area (Å²) in [7, 11) is -1.69. The van der Waals surface area contributed by atoms with E-state index in [1.54, 1.807) is 14.0 Å². The monoisotopic (exact) mass is 306 g/mol. The van der Waals surface area contributed by atoms with E-state index < -0.39 is 10.0 Å². The molecule has 1 aromatic heterocycles. The Morgan fingerprint density at radius 3 is 2.74 bits per heavy atom. The topological polar surface area (TPSA) is 67.4 Å². The molecule has 0 saturated heterocycles. The minimum atomic E-state index is -3.49. The van der Waals surface area contributed by atoms with Gasteiger partial charge in [0.15, 0.2) is 0 Å². The lowest BCUT2D eigenvalue weighted by atomic mass is 10.3. The normalized spacial score (nSPS) is 13.7. The van der Waals surface area contributed by atoms with Crippen LogP contribution in [0, 0.1) is 6.92 Å². The Morgan fingerprint density at radius 2 is 2.16 bits per heavy atom. The second kappa shape index (κ2) is 7.35. The standard InChI is InChI=1S/C12H22N2O3S2/c1-5-17-7-10(3)14-19(15,16)12-9(2)8-18-11(12)6-13-4/h8,10,13-14H,5-7H2,1-4H3. The van der Waals surface area contributed by atoms with Crippen LogP contribution in [-0.4, -0.2) is 34.7 Å². The Labute approximate surface area is 119 Å². The number of aryl methyl sites for hydroxylation is 1. The molecular weight excluding hydrogens is 284 g/mol. The molecule has 1 aromatic rings. The quantitative estimate of drug-likeness (QED) is 0.763. The fourth-order valence-electron chi connectivity index (χ4n) is 1.78. The summed E-state index contributed by atoms with van der Waals surface area (Å²) in [6.45, 7) is 7.00. The van der Waals surface area contributed by atoms with Gasteiger partial charge in [0.1, 0.15) is 4.90 Å². The van der Waals surface area contributed by atoms with Crippen molar-refractivity contribution < 1.29 is 13.2 Å². The van der Waals surface area contributed by atoms with Gasteiger partial charge in [0, 0.05) is 24.1 Å². The summed E-state index contributed by atoms with van der Waals surface area (Å²) in [5.41, 5.74) is 0.784. The summed E-state index contributed by atoms with van der Waals surface area (Å²) in [5, 5.41) is 4.86. The smallest absolute Gasteiger partial charge is 0.242 e. The molecule has 0 aliphatic carbocycles. The molecule has 0 aromatic carbocycles. The molecule has 0 spiro atoms. The maximum atomic E-state index is 12.4. The first kappa shape index (κ1) is 16.6. The molecular formula is C12H22N2O3S2. The third-order valence-corrected chi connectivity index (χ3v) is 5.58. The average molecular weight is 306 g/mol. The SMILES string of the molecule is CCOCC(C)NS(=O)(=O)c1c(C)csc1CNC. The van der Waals surface area contributed by atoms with Crippen LogP contribution in [0.1, 0.15) is 24.3 Å². The van der Waals surface area contributed by atoms with Crippen LogP contribution in [0.5, 0.6) is 0 Å². The zero-order valence-corrected chi connectivity index (χ0v) is 13.5. The molecule has 2 N–H and O–H groups in total. The van der Waals surface area contributed by atoms with Crippen LogP contribution in [0.2, 0.25) is 0 Å². The van der Waals surface area contributed by atoms with Crippen molar-refractivity contribution in [1.29, 1.82) is 0 Å². The highest BCUT2D eigenvalue weighted by Gasteiger charge is 2.24. The lowest BCUT2D eigenvalue weighted by molar-refractivity contribution is 0.133. The van der Waals surface area contributed by atoms with Gasteiger partial charge in [-0.05, 0) is 38.8 Å². The van der Waals surface area contributed by atoms with E-state index in [-0.39, 0.29) is 6.04 Å². The first-order valence-corrected chi connectivity index (χ1v) is 8.60. The fourth-order valence-corrected chi connectivity index (χ4v) is 4.83. The van der Waals surface area contributed by atoms with Crippen molar-refractivity contribution in [3.8, 4) is 0 Å². The van der Waals surface area contributed by atoms with Crippen molar-refractivity contribution in [2.45, 2.75) is 38.3 Å². The van der Waals surface area contributed by atoms with Gasteiger partial charge < -0.3 is 10.1 Å². The summed E-state index contributed by atoms with van der Waals surface area (Å²) in [4.78, 5) is 1.23. The van der Waals surface area contributed by atoms with Gasteiger partial charge in [0.2, 0.25) is 10.0 Å². The van der Waals surface area contributed by atoms with Crippen LogP contribution in [0.25, 0.3) is 0 Å². The number of thiophene rings is 1. The first-order chi connectivity index (χ1) is 8.92. The van der Waals surface area contributed by atoms with E-state index in [9.17, 15) is 8.42 Å². The third kappa shape index (κ3) is 4.54. The summed E-state index contributed by atoms with van der Waals surface area (Å²) in [6, 6.07) is -0.244. The molecule has 0 saturated carbocycles. The number of rotatable bonds is 8. The van der Waals surface area contributed by atoms with Crippen molar-refractivity contribution in [1.82, 2.24) is 10.0 Å². The predicted octanol–water partition coefficient (Wildman–Crippen LogP) is 1.48. The molecule has 0 aliphatic heterocycles. The minimum absolute atomic E-state index is 0.244. The van der Waals surface area contributed by atoms with Crippen LogP contribution >= 0.6 is 11.3 Å². The Hall–Kier alpha value is -0.470. The Morgan fingerprint density at radius 1 is 1.47 bits per heavy atom. The number of hydrogen-bond acceptors (Lipinski definition) is 5. The molecule has 19 heavy (non-hydrogen) atoms. The highest BCUT2D eigenvalue weighted by atomic mass is 32.2. The van der Waals surface area contributed by atoms with Crippen LogP contribution in [0.4, 0.5) is 0 Å². The molecule has 5 nitrogen and oxygen atoms in total. The van der Waals surface area contributed by atoms with Gasteiger partial charge in [-0.3, -0.25) is 0 Å². The maximum Gasteiger partial charge on any atom is 0.242 e. The molecule has 0 radical (unpaired) electrons. The second-order valence-corrected chi connectivity index (χ2v) is 7.00. The van der Waals surface area contributed by atoms with Gasteiger partial charge in [-0.1, -0.05) is 0 Å². The molecule has 0 amide bonds. The van der Waals surface area contributed by atoms with Gasteiger partial charge in [-0.15, -0.1) is 11.3 Å². The molecule has 1 rings (SSSR count). The zero-order valence-electron chi connectivity index (χ0n) is 11.8. The van der Waals surface area contributed by atoms with E-state index in [0.29, 0.717) is 24.7 Å². The van der Waals surface area contributed by atoms with E-state index in [4.69, 9.17) is 4.74 Å². The van der Waals surface area contributed by atoms with E-state index in [1.165, 1.54) is 11.3 Å². The number of hydrogen-bond donors (Lipinski definition) is 2. The van der Waals surface area contributed by atoms with E-state index in [1.807, 2.05) is 19.2 Å². The van der Waals surface area contributed by atoms with Crippen LogP contribution in [0.3, 0.4) is 0 Å². The molecule has 0 aliphatic rings. The largest absolute Gasteiger partial charge is 0.380 e. The minimum Gasteiger partial charge on any atom is -0.380 e. The Bertz CT molecular complexity index is 497. The van der Waals surface area contributed by atoms with Crippen molar-refractivity contribution in [3.63, 3.8) is 0 Å². The van der Waals surface area contributed by atoms with Gasteiger partial charge in [0.05, 0.1) is 6.61 Å². The lowest BCUT2D eigenvalue weighted by Crippen LogP contribution is -2.36. The Balaban J connectivity index is 2.90. The third-order valence-electron chi connectivity index (χ3n) is 2.52. The van der Waals surface area contributed by atoms with Crippen LogP contribution in [-0.2, 0) is 21.3 Å². The number of ether oxygens (including phenoxy) is 1. The van der Waals surface area contributed by atoms with Crippen LogP contribution < -0.4 is 10.0 Å². The van der Waals surface area contributed by atoms with Gasteiger partial charge in [-0.2, -0.15) is 0 Å². The predicted molar refractivity (Wildman–Crippen MR) is 78.1 cm³/mol. The average Bonchev–Trinajstić information content (AvgIpc) is 2.68. The van der Waals surface area contributed by atoms with Gasteiger partial charge in [-0.25, -0.2) is 13.1 Å². The van der Waals surface area contributed by atoms with Crippen molar-refractivity contribution in [2.24, 2.45) is 0 Å². The summed E-state index contributed by atoms with van der Waals surface area (Å²) < 4.78 is 32.7. The number of sulfonamides is 1. The van der Waals surface area contributed by atoms with Gasteiger partial charge >= 0.3 is 0 Å². The van der Waals surface area contributed by atoms with Crippen LogP contribution in [0.15, 0.2) is 10.3 Å². The molecule has 0 fully saturated rings. The lowest BCUT2D eigenvalue weighted by Gasteiger charge is -2.15. The molecule has 1 unspecified atom stereocenters. The van der Waals surface area contributed by atoms with Crippen molar-refractivity contribution in [2.75, 3.05) is 20.3 Å². The van der Waals surface area contributed by atoms with E-state index in [2.05, 4.69) is 10.0 Å². The second-order valence-electron chi connectivity index (χ2n) is 4.38. The summed E-state index contributed by atoms with van der Waals surface area (Å²) in [5.74, 6) is 0.